The third-order valence-corrected chi connectivity index (χ3v) is 5.18. The van der Waals surface area contributed by atoms with Crippen molar-refractivity contribution in [2.75, 3.05) is 21.3 Å². The quantitative estimate of drug-likeness (QED) is 0.276. The van der Waals surface area contributed by atoms with Crippen LogP contribution in [0.25, 0.3) is 0 Å². The molecule has 0 aliphatic heterocycles. The van der Waals surface area contributed by atoms with Gasteiger partial charge in [-0.3, -0.25) is 0 Å². The van der Waals surface area contributed by atoms with Crippen molar-refractivity contribution < 1.29 is 14.2 Å². The maximum atomic E-state index is 5.64. The normalized spacial score (nSPS) is 16.2. The molecule has 3 heteroatoms. The van der Waals surface area contributed by atoms with Crippen molar-refractivity contribution >= 4 is 0 Å². The summed E-state index contributed by atoms with van der Waals surface area (Å²) in [5, 5.41) is 0. The van der Waals surface area contributed by atoms with E-state index in [1.165, 1.54) is 44.9 Å². The third-order valence-electron chi connectivity index (χ3n) is 5.18. The zero-order chi connectivity index (χ0) is 17.7. The van der Waals surface area contributed by atoms with Gasteiger partial charge in [0, 0.05) is 27.2 Å². The molecule has 0 amide bonds. The topological polar surface area (TPSA) is 27.7 Å². The molecule has 0 aromatic heterocycles. The van der Waals surface area contributed by atoms with Crippen LogP contribution in [0.15, 0.2) is 24.3 Å². The predicted molar refractivity (Wildman–Crippen MR) is 101 cm³/mol. The minimum atomic E-state index is -0.898. The number of allylic oxidation sites excluding steroid dienone is 4. The lowest BCUT2D eigenvalue weighted by Gasteiger charge is -2.36. The third kappa shape index (κ3) is 7.08. The Bertz CT molecular complexity index is 338. The van der Waals surface area contributed by atoms with Gasteiger partial charge in [0.1, 0.15) is 0 Å². The molecule has 3 nitrogen and oxygen atoms in total. The van der Waals surface area contributed by atoms with Crippen LogP contribution in [0.2, 0.25) is 0 Å². The van der Waals surface area contributed by atoms with E-state index in [-0.39, 0.29) is 5.92 Å². The number of hydrogen-bond acceptors (Lipinski definition) is 3. The molecule has 0 saturated heterocycles. The first-order chi connectivity index (χ1) is 11.7. The van der Waals surface area contributed by atoms with E-state index in [2.05, 4.69) is 31.2 Å². The van der Waals surface area contributed by atoms with Gasteiger partial charge in [-0.25, -0.2) is 0 Å². The fourth-order valence-electron chi connectivity index (χ4n) is 3.69. The van der Waals surface area contributed by atoms with Gasteiger partial charge in [-0.15, -0.1) is 0 Å². The summed E-state index contributed by atoms with van der Waals surface area (Å²) in [5.41, 5.74) is 0. The fourth-order valence-corrected chi connectivity index (χ4v) is 3.69. The molecule has 0 radical (unpaired) electrons. The summed E-state index contributed by atoms with van der Waals surface area (Å²) in [6, 6.07) is 0. The molecule has 24 heavy (non-hydrogen) atoms. The molecular formula is C21H38O3. The van der Waals surface area contributed by atoms with Crippen molar-refractivity contribution in [3.8, 4) is 0 Å². The number of ether oxygens (including phenoxy) is 3. The lowest BCUT2D eigenvalue weighted by molar-refractivity contribution is -0.380. The van der Waals surface area contributed by atoms with Crippen molar-refractivity contribution in [1.82, 2.24) is 0 Å². The van der Waals surface area contributed by atoms with Gasteiger partial charge in [0.2, 0.25) is 0 Å². The standard InChI is InChI=1S/C21H38O3/c1-5-6-7-8-9-10-17-20(21(22-2,23-3)24-4)18-13-16-19-14-11-12-15-19/h11-12,14-15,19-20H,5-10,13,16-18H2,1-4H3. The van der Waals surface area contributed by atoms with E-state index in [0.717, 1.165) is 19.3 Å². The van der Waals surface area contributed by atoms with Gasteiger partial charge in [0.25, 0.3) is 5.97 Å². The largest absolute Gasteiger partial charge is 0.331 e. The van der Waals surface area contributed by atoms with E-state index in [1.807, 2.05) is 0 Å². The highest BCUT2D eigenvalue weighted by Crippen LogP contribution is 2.33. The van der Waals surface area contributed by atoms with Crippen molar-refractivity contribution in [1.29, 1.82) is 0 Å². The van der Waals surface area contributed by atoms with Crippen molar-refractivity contribution in [3.05, 3.63) is 24.3 Å². The molecule has 1 unspecified atom stereocenters. The van der Waals surface area contributed by atoms with Crippen LogP contribution in [0, 0.1) is 11.8 Å². The minimum Gasteiger partial charge on any atom is -0.331 e. The first-order valence-corrected chi connectivity index (χ1v) is 9.72. The highest BCUT2D eigenvalue weighted by molar-refractivity contribution is 5.17. The Balaban J connectivity index is 2.44. The fraction of sp³-hybridized carbons (Fsp3) is 0.810. The zero-order valence-electron chi connectivity index (χ0n) is 16.3. The second kappa shape index (κ2) is 12.7. The molecule has 140 valence electrons. The SMILES string of the molecule is CCCCCCCCC(CCCC1C=CC=C1)C(OC)(OC)OC. The van der Waals surface area contributed by atoms with Crippen LogP contribution in [0.4, 0.5) is 0 Å². The Morgan fingerprint density at radius 1 is 0.792 bits per heavy atom. The Hall–Kier alpha value is -0.640. The Labute approximate surface area is 149 Å². The first-order valence-electron chi connectivity index (χ1n) is 9.72. The molecule has 1 rings (SSSR count). The Morgan fingerprint density at radius 2 is 1.33 bits per heavy atom. The number of unbranched alkanes of at least 4 members (excludes halogenated alkanes) is 5. The number of rotatable bonds is 15. The molecule has 0 N–H and O–H groups in total. The maximum absolute atomic E-state index is 5.64. The van der Waals surface area contributed by atoms with Gasteiger partial charge in [-0.2, -0.15) is 0 Å². The van der Waals surface area contributed by atoms with Crippen LogP contribution >= 0.6 is 0 Å². The summed E-state index contributed by atoms with van der Waals surface area (Å²) in [4.78, 5) is 0. The number of hydrogen-bond donors (Lipinski definition) is 0. The van der Waals surface area contributed by atoms with Gasteiger partial charge in [0.15, 0.2) is 0 Å². The van der Waals surface area contributed by atoms with Crippen LogP contribution in [0.3, 0.4) is 0 Å². The predicted octanol–water partition coefficient (Wildman–Crippen LogP) is 5.86. The van der Waals surface area contributed by atoms with Gasteiger partial charge in [0.05, 0.1) is 0 Å². The smallest absolute Gasteiger partial charge is 0.285 e. The Morgan fingerprint density at radius 3 is 1.92 bits per heavy atom. The van der Waals surface area contributed by atoms with Crippen LogP contribution in [-0.4, -0.2) is 27.3 Å². The van der Waals surface area contributed by atoms with E-state index < -0.39 is 5.97 Å². The molecule has 0 fully saturated rings. The second-order valence-corrected chi connectivity index (χ2v) is 6.83. The molecule has 0 bridgehead atoms. The summed E-state index contributed by atoms with van der Waals surface area (Å²) in [6.07, 6.45) is 21.2. The van der Waals surface area contributed by atoms with E-state index >= 15 is 0 Å². The molecule has 0 aromatic carbocycles. The lowest BCUT2D eigenvalue weighted by atomic mass is 9.90. The van der Waals surface area contributed by atoms with Gasteiger partial charge >= 0.3 is 0 Å². The summed E-state index contributed by atoms with van der Waals surface area (Å²) in [7, 11) is 5.05. The van der Waals surface area contributed by atoms with Crippen molar-refractivity contribution in [2.24, 2.45) is 11.8 Å². The summed E-state index contributed by atoms with van der Waals surface area (Å²) < 4.78 is 16.9. The van der Waals surface area contributed by atoms with Crippen LogP contribution in [0.5, 0.6) is 0 Å². The van der Waals surface area contributed by atoms with Crippen LogP contribution < -0.4 is 0 Å². The first kappa shape index (κ1) is 21.4. The number of methoxy groups -OCH3 is 3. The summed E-state index contributed by atoms with van der Waals surface area (Å²) in [5.74, 6) is -0.0233. The van der Waals surface area contributed by atoms with E-state index in [1.54, 1.807) is 21.3 Å². The average Bonchev–Trinajstić information content (AvgIpc) is 3.12. The van der Waals surface area contributed by atoms with Gasteiger partial charge in [-0.1, -0.05) is 76.2 Å². The van der Waals surface area contributed by atoms with Crippen molar-refractivity contribution in [2.45, 2.75) is 77.1 Å². The second-order valence-electron chi connectivity index (χ2n) is 6.83. The van der Waals surface area contributed by atoms with Crippen LogP contribution in [-0.2, 0) is 14.2 Å². The summed E-state index contributed by atoms with van der Waals surface area (Å²) in [6.45, 7) is 2.26. The van der Waals surface area contributed by atoms with Gasteiger partial charge in [-0.05, 0) is 25.2 Å². The Kier molecular flexibility index (Phi) is 11.3. The van der Waals surface area contributed by atoms with E-state index in [4.69, 9.17) is 14.2 Å². The van der Waals surface area contributed by atoms with E-state index in [9.17, 15) is 0 Å². The molecular weight excluding hydrogens is 300 g/mol. The maximum Gasteiger partial charge on any atom is 0.285 e. The minimum absolute atomic E-state index is 0.276. The molecule has 0 spiro atoms. The molecule has 1 atom stereocenters. The van der Waals surface area contributed by atoms with Crippen LogP contribution in [0.1, 0.15) is 71.1 Å². The highest BCUT2D eigenvalue weighted by atomic mass is 16.9. The van der Waals surface area contributed by atoms with Gasteiger partial charge < -0.3 is 14.2 Å². The molecule has 1 aliphatic carbocycles. The lowest BCUT2D eigenvalue weighted by Crippen LogP contribution is -2.44. The van der Waals surface area contributed by atoms with Crippen molar-refractivity contribution in [3.63, 3.8) is 0 Å². The average molecular weight is 339 g/mol. The molecule has 0 saturated carbocycles. The molecule has 0 aromatic rings. The van der Waals surface area contributed by atoms with E-state index in [0.29, 0.717) is 5.92 Å². The molecule has 1 aliphatic rings. The molecule has 0 heterocycles. The summed E-state index contributed by atoms with van der Waals surface area (Å²) >= 11 is 0. The zero-order valence-corrected chi connectivity index (χ0v) is 16.3. The monoisotopic (exact) mass is 338 g/mol. The highest BCUT2D eigenvalue weighted by Gasteiger charge is 2.39.